The van der Waals surface area contributed by atoms with E-state index < -0.39 is 0 Å². The van der Waals surface area contributed by atoms with Crippen LogP contribution in [0.1, 0.15) is 27.2 Å². The van der Waals surface area contributed by atoms with Crippen LogP contribution in [0.5, 0.6) is 5.75 Å². The number of rotatable bonds is 6. The summed E-state index contributed by atoms with van der Waals surface area (Å²) in [4.78, 5) is 1.13. The molecule has 0 saturated heterocycles. The maximum absolute atomic E-state index is 5.93. The molecule has 0 amide bonds. The first-order valence-electron chi connectivity index (χ1n) is 5.78. The van der Waals surface area contributed by atoms with E-state index in [9.17, 15) is 0 Å². The van der Waals surface area contributed by atoms with E-state index in [0.717, 1.165) is 28.0 Å². The molecule has 0 saturated carbocycles. The highest BCUT2D eigenvalue weighted by atomic mass is 32.2. The van der Waals surface area contributed by atoms with Crippen LogP contribution in [0.15, 0.2) is 23.1 Å². The molecule has 2 N–H and O–H groups in total. The van der Waals surface area contributed by atoms with E-state index in [1.165, 1.54) is 6.42 Å². The van der Waals surface area contributed by atoms with Crippen LogP contribution < -0.4 is 10.5 Å². The van der Waals surface area contributed by atoms with Gasteiger partial charge in [-0.05, 0) is 43.2 Å². The zero-order valence-corrected chi connectivity index (χ0v) is 11.1. The molecule has 0 unspecified atom stereocenters. The highest BCUT2D eigenvalue weighted by Crippen LogP contribution is 2.30. The van der Waals surface area contributed by atoms with Crippen LogP contribution in [0.25, 0.3) is 0 Å². The summed E-state index contributed by atoms with van der Waals surface area (Å²) in [6.45, 7) is 7.16. The lowest BCUT2D eigenvalue weighted by Crippen LogP contribution is -1.95. The summed E-state index contributed by atoms with van der Waals surface area (Å²) < 4.78 is 5.46. The molecule has 0 spiro atoms. The third kappa shape index (κ3) is 4.35. The van der Waals surface area contributed by atoms with Gasteiger partial charge in [0.2, 0.25) is 0 Å². The standard InChI is InChI=1S/C13H21NOS/c1-4-15-11-5-6-12(14)13(9-11)16-8-7-10(2)3/h5-6,9-10H,4,7-8,14H2,1-3H3. The fourth-order valence-electron chi connectivity index (χ4n) is 1.30. The van der Waals surface area contributed by atoms with Gasteiger partial charge in [0.15, 0.2) is 0 Å². The van der Waals surface area contributed by atoms with Gasteiger partial charge in [-0.15, -0.1) is 11.8 Å². The summed E-state index contributed by atoms with van der Waals surface area (Å²) in [7, 11) is 0. The van der Waals surface area contributed by atoms with E-state index in [4.69, 9.17) is 10.5 Å². The van der Waals surface area contributed by atoms with Gasteiger partial charge in [-0.25, -0.2) is 0 Å². The number of nitrogen functional groups attached to an aromatic ring is 1. The van der Waals surface area contributed by atoms with Crippen molar-refractivity contribution in [1.29, 1.82) is 0 Å². The molecule has 0 fully saturated rings. The first kappa shape index (κ1) is 13.2. The number of hydrogen-bond acceptors (Lipinski definition) is 3. The molecule has 1 aromatic carbocycles. The fraction of sp³-hybridized carbons (Fsp3) is 0.538. The largest absolute Gasteiger partial charge is 0.494 e. The molecule has 1 rings (SSSR count). The van der Waals surface area contributed by atoms with Crippen molar-refractivity contribution in [3.05, 3.63) is 18.2 Å². The molecular weight excluding hydrogens is 218 g/mol. The molecule has 0 aromatic heterocycles. The lowest BCUT2D eigenvalue weighted by atomic mass is 10.2. The molecule has 90 valence electrons. The van der Waals surface area contributed by atoms with E-state index in [1.54, 1.807) is 0 Å². The Kier molecular flexibility index (Phi) is 5.53. The lowest BCUT2D eigenvalue weighted by molar-refractivity contribution is 0.339. The molecule has 0 atom stereocenters. The zero-order chi connectivity index (χ0) is 12.0. The topological polar surface area (TPSA) is 35.2 Å². The zero-order valence-electron chi connectivity index (χ0n) is 10.3. The number of hydrogen-bond donors (Lipinski definition) is 1. The predicted octanol–water partition coefficient (Wildman–Crippen LogP) is 3.81. The van der Waals surface area contributed by atoms with E-state index in [1.807, 2.05) is 36.9 Å². The molecular formula is C13H21NOS. The summed E-state index contributed by atoms with van der Waals surface area (Å²) in [6.07, 6.45) is 1.21. The third-order valence-electron chi connectivity index (χ3n) is 2.25. The number of benzene rings is 1. The molecule has 16 heavy (non-hydrogen) atoms. The molecule has 2 nitrogen and oxygen atoms in total. The van der Waals surface area contributed by atoms with Gasteiger partial charge in [0.05, 0.1) is 6.61 Å². The lowest BCUT2D eigenvalue weighted by Gasteiger charge is -2.09. The van der Waals surface area contributed by atoms with E-state index in [-0.39, 0.29) is 0 Å². The van der Waals surface area contributed by atoms with Gasteiger partial charge >= 0.3 is 0 Å². The van der Waals surface area contributed by atoms with Gasteiger partial charge in [0, 0.05) is 10.6 Å². The second-order valence-electron chi connectivity index (χ2n) is 4.16. The Morgan fingerprint density at radius 1 is 1.38 bits per heavy atom. The average Bonchev–Trinajstić information content (AvgIpc) is 2.22. The van der Waals surface area contributed by atoms with Crippen molar-refractivity contribution in [2.45, 2.75) is 32.1 Å². The van der Waals surface area contributed by atoms with Gasteiger partial charge in [-0.3, -0.25) is 0 Å². The summed E-state index contributed by atoms with van der Waals surface area (Å²) in [6, 6.07) is 5.87. The normalized spacial score (nSPS) is 10.8. The van der Waals surface area contributed by atoms with Crippen molar-refractivity contribution in [2.75, 3.05) is 18.1 Å². The first-order chi connectivity index (χ1) is 7.63. The Bertz CT molecular complexity index is 326. The monoisotopic (exact) mass is 239 g/mol. The van der Waals surface area contributed by atoms with Gasteiger partial charge in [0.1, 0.15) is 5.75 Å². The molecule has 0 aliphatic carbocycles. The number of anilines is 1. The molecule has 0 radical (unpaired) electrons. The van der Waals surface area contributed by atoms with Crippen molar-refractivity contribution in [3.63, 3.8) is 0 Å². The Balaban J connectivity index is 2.59. The highest BCUT2D eigenvalue weighted by Gasteiger charge is 2.03. The minimum absolute atomic E-state index is 0.694. The van der Waals surface area contributed by atoms with Gasteiger partial charge in [-0.2, -0.15) is 0 Å². The third-order valence-corrected chi connectivity index (χ3v) is 3.35. The van der Waals surface area contributed by atoms with Gasteiger partial charge < -0.3 is 10.5 Å². The average molecular weight is 239 g/mol. The highest BCUT2D eigenvalue weighted by molar-refractivity contribution is 7.99. The Hall–Kier alpha value is -0.830. The second kappa shape index (κ2) is 6.69. The van der Waals surface area contributed by atoms with E-state index in [0.29, 0.717) is 6.61 Å². The number of thioether (sulfide) groups is 1. The summed E-state index contributed by atoms with van der Waals surface area (Å²) in [5.74, 6) is 2.75. The van der Waals surface area contributed by atoms with Crippen molar-refractivity contribution in [2.24, 2.45) is 5.92 Å². The van der Waals surface area contributed by atoms with Crippen LogP contribution in [-0.4, -0.2) is 12.4 Å². The first-order valence-corrected chi connectivity index (χ1v) is 6.77. The van der Waals surface area contributed by atoms with Crippen LogP contribution in [-0.2, 0) is 0 Å². The summed E-state index contributed by atoms with van der Waals surface area (Å²) in [5.41, 5.74) is 6.77. The summed E-state index contributed by atoms with van der Waals surface area (Å²) >= 11 is 1.81. The quantitative estimate of drug-likeness (QED) is 0.605. The maximum atomic E-state index is 5.93. The second-order valence-corrected chi connectivity index (χ2v) is 5.30. The minimum Gasteiger partial charge on any atom is -0.494 e. The SMILES string of the molecule is CCOc1ccc(N)c(SCCC(C)C)c1. The van der Waals surface area contributed by atoms with Gasteiger partial charge in [-0.1, -0.05) is 13.8 Å². The van der Waals surface area contributed by atoms with Crippen molar-refractivity contribution in [3.8, 4) is 5.75 Å². The number of nitrogens with two attached hydrogens (primary N) is 1. The Morgan fingerprint density at radius 3 is 2.75 bits per heavy atom. The summed E-state index contributed by atoms with van der Waals surface area (Å²) in [5, 5.41) is 0. The van der Waals surface area contributed by atoms with Crippen molar-refractivity contribution >= 4 is 17.4 Å². The van der Waals surface area contributed by atoms with Crippen LogP contribution >= 0.6 is 11.8 Å². The predicted molar refractivity (Wildman–Crippen MR) is 72.2 cm³/mol. The molecule has 3 heteroatoms. The van der Waals surface area contributed by atoms with Crippen LogP contribution in [0.3, 0.4) is 0 Å². The van der Waals surface area contributed by atoms with Gasteiger partial charge in [0.25, 0.3) is 0 Å². The van der Waals surface area contributed by atoms with Crippen LogP contribution in [0.4, 0.5) is 5.69 Å². The minimum atomic E-state index is 0.694. The van der Waals surface area contributed by atoms with Crippen molar-refractivity contribution in [1.82, 2.24) is 0 Å². The molecule has 0 heterocycles. The van der Waals surface area contributed by atoms with Crippen LogP contribution in [0.2, 0.25) is 0 Å². The van der Waals surface area contributed by atoms with E-state index in [2.05, 4.69) is 13.8 Å². The fourth-order valence-corrected chi connectivity index (χ4v) is 2.54. The van der Waals surface area contributed by atoms with E-state index >= 15 is 0 Å². The van der Waals surface area contributed by atoms with Crippen LogP contribution in [0, 0.1) is 5.92 Å². The molecule has 0 aliphatic heterocycles. The molecule has 0 bridgehead atoms. The molecule has 0 aliphatic rings. The van der Waals surface area contributed by atoms with Crippen molar-refractivity contribution < 1.29 is 4.74 Å². The maximum Gasteiger partial charge on any atom is 0.120 e. The Labute approximate surface area is 103 Å². The molecule has 1 aromatic rings. The Morgan fingerprint density at radius 2 is 2.12 bits per heavy atom. The smallest absolute Gasteiger partial charge is 0.120 e. The number of ether oxygens (including phenoxy) is 1.